The molecule has 0 spiro atoms. The Bertz CT molecular complexity index is 2330. The molecule has 3 atom stereocenters. The van der Waals surface area contributed by atoms with Crippen LogP contribution in [-0.4, -0.2) is 45.0 Å². The number of carbonyl (C=O) groups is 1. The zero-order valence-corrected chi connectivity index (χ0v) is 31.1. The molecule has 54 heavy (non-hydrogen) atoms. The maximum absolute atomic E-state index is 16.9. The van der Waals surface area contributed by atoms with Crippen LogP contribution in [0.3, 0.4) is 0 Å². The monoisotopic (exact) mass is 778 g/mol. The van der Waals surface area contributed by atoms with E-state index in [9.17, 15) is 23.6 Å². The first-order valence-corrected chi connectivity index (χ1v) is 18.9. The van der Waals surface area contributed by atoms with Crippen molar-refractivity contribution in [3.63, 3.8) is 0 Å². The number of nitrogens with zero attached hydrogens (tertiary/aromatic N) is 4. The summed E-state index contributed by atoms with van der Waals surface area (Å²) in [5.74, 6) is 0.0173. The second kappa shape index (κ2) is 15.7. The third-order valence-corrected chi connectivity index (χ3v) is 11.6. The minimum atomic E-state index is -2.91. The number of aryl methyl sites for hydroxylation is 2. The van der Waals surface area contributed by atoms with Gasteiger partial charge in [0.15, 0.2) is 11.2 Å². The molecule has 2 aromatic carbocycles. The Kier molecular flexibility index (Phi) is 10.9. The number of aromatic amines is 1. The quantitative estimate of drug-likeness (QED) is 0.154. The van der Waals surface area contributed by atoms with Crippen LogP contribution in [0.15, 0.2) is 53.5 Å². The molecule has 9 nitrogen and oxygen atoms in total. The van der Waals surface area contributed by atoms with Crippen LogP contribution >= 0.6 is 23.2 Å². The van der Waals surface area contributed by atoms with E-state index in [0.29, 0.717) is 46.0 Å². The standard InChI is InChI=1S/C34H34Cl2FN5O.C6H5F2NO2/c1-18-23-16-28(27-8-4-14-41(27)34(43)19-9-10-19)42(26-12-11-21(26)17-39)33(23)24-15-20(5-3-13-38)29(31(37)32(24)40-18)22-6-2-7-25(35)30(22)36;7-6(8)11-5-3-4(10)1-2-9-5/h2,6-7,15-16,19,21,26-27H,3-5,8-12,14,17,39H2,1H3;1-3,6H,(H,9,10)/t21-,26?,27?;/m1./s1. The fourth-order valence-corrected chi connectivity index (χ4v) is 8.35. The third kappa shape index (κ3) is 7.17. The maximum Gasteiger partial charge on any atom is 0.388 e. The first-order chi connectivity index (χ1) is 26.0. The van der Waals surface area contributed by atoms with Gasteiger partial charge in [-0.05, 0) is 88.1 Å². The van der Waals surface area contributed by atoms with Crippen molar-refractivity contribution in [2.45, 2.75) is 77.0 Å². The van der Waals surface area contributed by atoms with Gasteiger partial charge in [-0.2, -0.15) is 14.0 Å². The summed E-state index contributed by atoms with van der Waals surface area (Å²) < 4.78 is 46.2. The van der Waals surface area contributed by atoms with Crippen molar-refractivity contribution in [3.05, 3.63) is 91.7 Å². The molecule has 2 saturated carbocycles. The summed E-state index contributed by atoms with van der Waals surface area (Å²) in [5.41, 5.74) is 10.4. The Morgan fingerprint density at radius 2 is 1.93 bits per heavy atom. The lowest BCUT2D eigenvalue weighted by Gasteiger charge is -2.40. The van der Waals surface area contributed by atoms with Gasteiger partial charge in [-0.3, -0.25) is 9.59 Å². The maximum atomic E-state index is 16.9. The van der Waals surface area contributed by atoms with Crippen molar-refractivity contribution >= 4 is 50.9 Å². The first-order valence-electron chi connectivity index (χ1n) is 18.1. The number of nitrogens with two attached hydrogens (primary N) is 1. The number of alkyl halides is 2. The average molecular weight is 780 g/mol. The number of pyridine rings is 2. The van der Waals surface area contributed by atoms with Crippen LogP contribution in [-0.2, 0) is 11.2 Å². The molecule has 8 rings (SSSR count). The Morgan fingerprint density at radius 1 is 1.13 bits per heavy atom. The zero-order chi connectivity index (χ0) is 38.3. The van der Waals surface area contributed by atoms with Crippen molar-refractivity contribution in [2.75, 3.05) is 13.1 Å². The van der Waals surface area contributed by atoms with E-state index in [1.807, 2.05) is 13.0 Å². The molecule has 1 saturated heterocycles. The number of amides is 1. The molecule has 2 unspecified atom stereocenters. The average Bonchev–Trinajstić information content (AvgIpc) is 3.74. The number of rotatable bonds is 9. The van der Waals surface area contributed by atoms with E-state index < -0.39 is 12.4 Å². The number of ether oxygens (including phenoxy) is 1. The highest BCUT2D eigenvalue weighted by Crippen LogP contribution is 2.49. The van der Waals surface area contributed by atoms with Crippen molar-refractivity contribution in [3.8, 4) is 23.1 Å². The van der Waals surface area contributed by atoms with Crippen molar-refractivity contribution in [1.82, 2.24) is 19.4 Å². The molecule has 4 heterocycles. The number of likely N-dealkylation sites (tertiary alicyclic amines) is 1. The van der Waals surface area contributed by atoms with E-state index in [4.69, 9.17) is 33.9 Å². The molecule has 3 N–H and O–H groups in total. The summed E-state index contributed by atoms with van der Waals surface area (Å²) in [6.45, 7) is 0.350. The fraction of sp³-hybridized carbons (Fsp3) is 0.400. The molecule has 14 heteroatoms. The molecule has 1 aliphatic heterocycles. The summed E-state index contributed by atoms with van der Waals surface area (Å²) in [5, 5.41) is 11.8. The Labute approximate surface area is 319 Å². The summed E-state index contributed by atoms with van der Waals surface area (Å²) in [6, 6.07) is 13.9. The fourth-order valence-electron chi connectivity index (χ4n) is 7.95. The predicted molar refractivity (Wildman–Crippen MR) is 202 cm³/mol. The Hall–Kier alpha value is -4.57. The second-order valence-corrected chi connectivity index (χ2v) is 14.9. The number of fused-ring (bicyclic) bond motifs is 3. The van der Waals surface area contributed by atoms with Crippen molar-refractivity contribution in [1.29, 1.82) is 5.26 Å². The molecule has 282 valence electrons. The van der Waals surface area contributed by atoms with E-state index in [0.717, 1.165) is 73.4 Å². The molecule has 0 radical (unpaired) electrons. The number of H-pyrrole nitrogens is 1. The highest BCUT2D eigenvalue weighted by molar-refractivity contribution is 6.43. The molecule has 0 bridgehead atoms. The van der Waals surface area contributed by atoms with Crippen molar-refractivity contribution in [2.24, 2.45) is 17.6 Å². The molecular formula is C40H39Cl2F3N6O3. The van der Waals surface area contributed by atoms with Gasteiger partial charge >= 0.3 is 6.61 Å². The van der Waals surface area contributed by atoms with Gasteiger partial charge in [-0.25, -0.2) is 9.37 Å². The number of carbonyl (C=O) groups excluding carboxylic acids is 1. The SMILES string of the molecule is Cc1nc2c(F)c(-c3cccc(Cl)c3Cl)c(CCC#N)cc2c2c1cc(C1CCCN1C(=O)C1CC1)n2C1CC[C@@H]1CN.O=c1cc[nH]c(OC(F)F)c1. The van der Waals surface area contributed by atoms with Crippen LogP contribution in [0.25, 0.3) is 32.9 Å². The smallest absolute Gasteiger partial charge is 0.388 e. The molecule has 1 amide bonds. The topological polar surface area (TPSA) is 130 Å². The number of nitriles is 1. The normalized spacial score (nSPS) is 19.5. The molecule has 3 aliphatic rings. The van der Waals surface area contributed by atoms with E-state index in [2.05, 4.69) is 31.3 Å². The predicted octanol–water partition coefficient (Wildman–Crippen LogP) is 9.03. The molecular weight excluding hydrogens is 740 g/mol. The van der Waals surface area contributed by atoms with Gasteiger partial charge in [0.1, 0.15) is 5.52 Å². The lowest BCUT2D eigenvalue weighted by atomic mass is 9.79. The van der Waals surface area contributed by atoms with Crippen LogP contribution in [0.1, 0.15) is 74.0 Å². The summed E-state index contributed by atoms with van der Waals surface area (Å²) in [4.78, 5) is 33.2. The molecule has 3 fully saturated rings. The molecule has 2 aliphatic carbocycles. The van der Waals surface area contributed by atoms with Crippen LogP contribution < -0.4 is 15.9 Å². The number of nitrogens with one attached hydrogen (secondary N) is 1. The highest BCUT2D eigenvalue weighted by Gasteiger charge is 2.42. The second-order valence-electron chi connectivity index (χ2n) is 14.2. The molecule has 3 aromatic heterocycles. The Balaban J connectivity index is 0.000000353. The van der Waals surface area contributed by atoms with Gasteiger partial charge in [-0.15, -0.1) is 0 Å². The van der Waals surface area contributed by atoms with Crippen LogP contribution in [0.2, 0.25) is 10.0 Å². The minimum Gasteiger partial charge on any atom is -0.419 e. The number of halogens is 5. The lowest BCUT2D eigenvalue weighted by Crippen LogP contribution is -2.37. The number of hydrogen-bond donors (Lipinski definition) is 2. The summed E-state index contributed by atoms with van der Waals surface area (Å²) in [7, 11) is 0. The van der Waals surface area contributed by atoms with E-state index >= 15 is 4.39 Å². The largest absolute Gasteiger partial charge is 0.419 e. The third-order valence-electron chi connectivity index (χ3n) is 10.8. The van der Waals surface area contributed by atoms with Gasteiger partial charge in [0.05, 0.1) is 27.7 Å². The Morgan fingerprint density at radius 3 is 2.59 bits per heavy atom. The van der Waals surface area contributed by atoms with Gasteiger partial charge in [-0.1, -0.05) is 35.3 Å². The lowest BCUT2D eigenvalue weighted by molar-refractivity contribution is -0.133. The van der Waals surface area contributed by atoms with E-state index in [1.165, 1.54) is 12.3 Å². The van der Waals surface area contributed by atoms with Gasteiger partial charge in [0.25, 0.3) is 0 Å². The summed E-state index contributed by atoms with van der Waals surface area (Å²) in [6.07, 6.45) is 7.64. The first kappa shape index (κ1) is 37.7. The van der Waals surface area contributed by atoms with Crippen LogP contribution in [0.5, 0.6) is 5.88 Å². The highest BCUT2D eigenvalue weighted by atomic mass is 35.5. The number of hydrogen-bond acceptors (Lipinski definition) is 6. The van der Waals surface area contributed by atoms with Crippen LogP contribution in [0, 0.1) is 35.9 Å². The van der Waals surface area contributed by atoms with Gasteiger partial charge in [0, 0.05) is 76.5 Å². The minimum absolute atomic E-state index is 0.0265. The summed E-state index contributed by atoms with van der Waals surface area (Å²) >= 11 is 13.0. The van der Waals surface area contributed by atoms with Crippen LogP contribution in [0.4, 0.5) is 13.2 Å². The molecule has 5 aromatic rings. The van der Waals surface area contributed by atoms with E-state index in [1.54, 1.807) is 18.2 Å². The van der Waals surface area contributed by atoms with Gasteiger partial charge < -0.3 is 24.9 Å². The number of benzene rings is 2. The van der Waals surface area contributed by atoms with Crippen molar-refractivity contribution < 1.29 is 22.7 Å². The van der Waals surface area contributed by atoms with E-state index in [-0.39, 0.29) is 52.2 Å². The number of aromatic nitrogens is 3. The zero-order valence-electron chi connectivity index (χ0n) is 29.6. The van der Waals surface area contributed by atoms with Gasteiger partial charge in [0.2, 0.25) is 11.8 Å².